The second kappa shape index (κ2) is 8.55. The molecule has 164 valence electrons. The second-order valence-corrected chi connectivity index (χ2v) is 8.03. The highest BCUT2D eigenvalue weighted by Gasteiger charge is 2.25. The number of aromatic nitrogens is 1. The lowest BCUT2D eigenvalue weighted by Crippen LogP contribution is -2.16. The van der Waals surface area contributed by atoms with E-state index in [0.29, 0.717) is 22.4 Å². The molecule has 0 unspecified atom stereocenters. The van der Waals surface area contributed by atoms with Crippen molar-refractivity contribution in [1.29, 1.82) is 0 Å². The first kappa shape index (κ1) is 20.4. The van der Waals surface area contributed by atoms with Gasteiger partial charge in [-0.05, 0) is 37.3 Å². The average Bonchev–Trinajstić information content (AvgIpc) is 3.05. The quantitative estimate of drug-likeness (QED) is 0.255. The van der Waals surface area contributed by atoms with Gasteiger partial charge in [-0.1, -0.05) is 24.6 Å². The number of carbonyl (C=O) groups excluding carboxylic acids is 1. The lowest BCUT2D eigenvalue weighted by molar-refractivity contribution is -0.385. The number of rotatable bonds is 4. The van der Waals surface area contributed by atoms with Crippen LogP contribution in [0.1, 0.15) is 52.0 Å². The highest BCUT2D eigenvalue weighted by Crippen LogP contribution is 2.34. The van der Waals surface area contributed by atoms with Gasteiger partial charge >= 0.3 is 5.97 Å². The summed E-state index contributed by atoms with van der Waals surface area (Å²) in [5.41, 5.74) is 4.17. The summed E-state index contributed by atoms with van der Waals surface area (Å²) >= 11 is 0. The van der Waals surface area contributed by atoms with E-state index < -0.39 is 10.9 Å². The number of esters is 1. The smallest absolute Gasteiger partial charge is 0.339 e. The number of pyridine rings is 1. The van der Waals surface area contributed by atoms with E-state index in [-0.39, 0.29) is 25.7 Å². The summed E-state index contributed by atoms with van der Waals surface area (Å²) < 4.78 is 16.5. The Morgan fingerprint density at radius 2 is 2.00 bits per heavy atom. The van der Waals surface area contributed by atoms with Crippen LogP contribution in [0, 0.1) is 10.1 Å². The fraction of sp³-hybridized carbons (Fsp3) is 0.333. The monoisotopic (exact) mass is 434 g/mol. The molecule has 0 saturated heterocycles. The fourth-order valence-electron chi connectivity index (χ4n) is 4.49. The molecule has 0 fully saturated rings. The number of non-ortho nitro benzene ring substituents is 1. The molecule has 1 aliphatic heterocycles. The third-order valence-electron chi connectivity index (χ3n) is 5.96. The van der Waals surface area contributed by atoms with Crippen molar-refractivity contribution in [3.05, 3.63) is 74.5 Å². The Kier molecular flexibility index (Phi) is 5.45. The average molecular weight is 434 g/mol. The minimum absolute atomic E-state index is 0.0499. The van der Waals surface area contributed by atoms with Crippen LogP contribution in [0.15, 0.2) is 36.4 Å². The van der Waals surface area contributed by atoms with Crippen LogP contribution in [0.5, 0.6) is 5.75 Å². The van der Waals surface area contributed by atoms with E-state index >= 15 is 0 Å². The van der Waals surface area contributed by atoms with Crippen molar-refractivity contribution < 1.29 is 23.9 Å². The third kappa shape index (κ3) is 3.78. The fourth-order valence-corrected chi connectivity index (χ4v) is 4.49. The van der Waals surface area contributed by atoms with E-state index in [9.17, 15) is 14.9 Å². The zero-order valence-electron chi connectivity index (χ0n) is 17.5. The number of fused-ring (bicyclic) bond motifs is 3. The van der Waals surface area contributed by atoms with E-state index in [1.165, 1.54) is 12.1 Å². The number of hydrogen-bond acceptors (Lipinski definition) is 7. The van der Waals surface area contributed by atoms with Gasteiger partial charge in [-0.3, -0.25) is 15.1 Å². The van der Waals surface area contributed by atoms with Crippen molar-refractivity contribution >= 4 is 22.6 Å². The summed E-state index contributed by atoms with van der Waals surface area (Å²) in [6.07, 6.45) is 4.77. The van der Waals surface area contributed by atoms with Crippen molar-refractivity contribution in [2.75, 3.05) is 6.79 Å². The number of carbonyl (C=O) groups is 1. The minimum Gasteiger partial charge on any atom is -0.467 e. The van der Waals surface area contributed by atoms with E-state index in [2.05, 4.69) is 0 Å². The molecule has 3 aromatic rings. The molecule has 5 rings (SSSR count). The lowest BCUT2D eigenvalue weighted by Gasteiger charge is -2.21. The molecule has 1 aromatic heterocycles. The second-order valence-electron chi connectivity index (χ2n) is 8.03. The van der Waals surface area contributed by atoms with Crippen molar-refractivity contribution in [2.24, 2.45) is 0 Å². The van der Waals surface area contributed by atoms with Gasteiger partial charge in [0.25, 0.3) is 5.69 Å². The van der Waals surface area contributed by atoms with Gasteiger partial charge in [-0.25, -0.2) is 4.79 Å². The molecule has 2 aliphatic rings. The maximum Gasteiger partial charge on any atom is 0.339 e. The molecule has 0 bridgehead atoms. The summed E-state index contributed by atoms with van der Waals surface area (Å²) in [4.78, 5) is 29.0. The van der Waals surface area contributed by atoms with Crippen molar-refractivity contribution in [2.45, 2.75) is 45.3 Å². The van der Waals surface area contributed by atoms with E-state index in [1.54, 1.807) is 0 Å². The Morgan fingerprint density at radius 1 is 1.16 bits per heavy atom. The predicted molar refractivity (Wildman–Crippen MR) is 116 cm³/mol. The molecule has 0 amide bonds. The largest absolute Gasteiger partial charge is 0.467 e. The SMILES string of the molecule is O=C(OCc1cc([N+](=O)[O-])cc2c1OCOC2)c1c2c(nc3ccccc13)CCCCC2. The summed E-state index contributed by atoms with van der Waals surface area (Å²) in [6.45, 7) is 0.128. The third-order valence-corrected chi connectivity index (χ3v) is 5.96. The van der Waals surface area contributed by atoms with Crippen LogP contribution in [-0.4, -0.2) is 22.7 Å². The highest BCUT2D eigenvalue weighted by atomic mass is 16.7. The Bertz CT molecular complexity index is 1220. The van der Waals surface area contributed by atoms with Gasteiger partial charge < -0.3 is 14.2 Å². The van der Waals surface area contributed by atoms with E-state index in [1.807, 2.05) is 24.3 Å². The first-order valence-electron chi connectivity index (χ1n) is 10.7. The molecular weight excluding hydrogens is 412 g/mol. The molecule has 0 N–H and O–H groups in total. The topological polar surface area (TPSA) is 101 Å². The van der Waals surface area contributed by atoms with Crippen LogP contribution in [0.25, 0.3) is 10.9 Å². The lowest BCUT2D eigenvalue weighted by atomic mass is 9.97. The normalized spacial score (nSPS) is 15.2. The van der Waals surface area contributed by atoms with Gasteiger partial charge in [0, 0.05) is 34.3 Å². The van der Waals surface area contributed by atoms with Crippen LogP contribution in [0.2, 0.25) is 0 Å². The molecule has 1 aliphatic carbocycles. The van der Waals surface area contributed by atoms with Gasteiger partial charge in [-0.2, -0.15) is 0 Å². The minimum atomic E-state index is -0.476. The highest BCUT2D eigenvalue weighted by molar-refractivity contribution is 6.05. The maximum atomic E-state index is 13.4. The summed E-state index contributed by atoms with van der Waals surface area (Å²) in [6, 6.07) is 10.4. The van der Waals surface area contributed by atoms with E-state index in [0.717, 1.165) is 54.3 Å². The number of para-hydroxylation sites is 1. The van der Waals surface area contributed by atoms with Gasteiger partial charge in [0.2, 0.25) is 0 Å². The zero-order chi connectivity index (χ0) is 22.1. The van der Waals surface area contributed by atoms with Crippen LogP contribution in [0.4, 0.5) is 5.69 Å². The molecule has 2 heterocycles. The van der Waals surface area contributed by atoms with Crippen LogP contribution in [-0.2, 0) is 35.5 Å². The Morgan fingerprint density at radius 3 is 2.88 bits per heavy atom. The molecule has 8 heteroatoms. The number of benzene rings is 2. The van der Waals surface area contributed by atoms with Gasteiger partial charge in [0.15, 0.2) is 6.79 Å². The van der Waals surface area contributed by atoms with Crippen molar-refractivity contribution in [3.8, 4) is 5.75 Å². The molecular formula is C24H22N2O6. The number of aryl methyl sites for hydroxylation is 1. The Hall–Kier alpha value is -3.52. The predicted octanol–water partition coefficient (Wildman–Crippen LogP) is 4.64. The number of nitro groups is 1. The first-order valence-corrected chi connectivity index (χ1v) is 10.7. The molecule has 2 aromatic carbocycles. The molecule has 0 atom stereocenters. The summed E-state index contributed by atoms with van der Waals surface area (Å²) in [5.74, 6) is 0.0298. The number of nitro benzene ring substituents is 1. The maximum absolute atomic E-state index is 13.4. The van der Waals surface area contributed by atoms with Crippen molar-refractivity contribution in [3.63, 3.8) is 0 Å². The molecule has 0 saturated carbocycles. The Labute approximate surface area is 184 Å². The number of hydrogen-bond donors (Lipinski definition) is 0. The van der Waals surface area contributed by atoms with Gasteiger partial charge in [-0.15, -0.1) is 0 Å². The van der Waals surface area contributed by atoms with E-state index in [4.69, 9.17) is 19.2 Å². The first-order chi connectivity index (χ1) is 15.6. The Balaban J connectivity index is 1.51. The van der Waals surface area contributed by atoms with Gasteiger partial charge in [0.1, 0.15) is 12.4 Å². The number of nitrogens with zero attached hydrogens (tertiary/aromatic N) is 2. The summed E-state index contributed by atoms with van der Waals surface area (Å²) in [7, 11) is 0. The zero-order valence-corrected chi connectivity index (χ0v) is 17.5. The summed E-state index contributed by atoms with van der Waals surface area (Å²) in [5, 5.41) is 12.1. The molecule has 32 heavy (non-hydrogen) atoms. The molecule has 0 radical (unpaired) electrons. The van der Waals surface area contributed by atoms with Crippen LogP contribution < -0.4 is 4.74 Å². The molecule has 8 nitrogen and oxygen atoms in total. The standard InChI is InChI=1S/C24H22N2O6/c27-24(31-13-16-11-17(26(28)29)10-15-12-30-14-32-23(15)16)22-18-6-2-1-3-8-20(18)25-21-9-5-4-7-19(21)22/h4-5,7,9-11H,1-3,6,8,12-14H2. The van der Waals surface area contributed by atoms with Gasteiger partial charge in [0.05, 0.1) is 22.6 Å². The van der Waals surface area contributed by atoms with Crippen molar-refractivity contribution in [1.82, 2.24) is 4.98 Å². The molecule has 0 spiro atoms. The van der Waals surface area contributed by atoms with Crippen LogP contribution in [0.3, 0.4) is 0 Å². The van der Waals surface area contributed by atoms with Crippen LogP contribution >= 0.6 is 0 Å². The number of ether oxygens (including phenoxy) is 3.